The van der Waals surface area contributed by atoms with Crippen molar-refractivity contribution in [3.63, 3.8) is 0 Å². The van der Waals surface area contributed by atoms with E-state index in [1.54, 1.807) is 32.0 Å². The average Bonchev–Trinajstić information content (AvgIpc) is 2.26. The van der Waals surface area contributed by atoms with Crippen molar-refractivity contribution in [2.45, 2.75) is 24.0 Å². The summed E-state index contributed by atoms with van der Waals surface area (Å²) in [4.78, 5) is 0.359. The van der Waals surface area contributed by atoms with E-state index in [0.29, 0.717) is 16.0 Å². The van der Waals surface area contributed by atoms with Crippen molar-refractivity contribution in [1.29, 1.82) is 10.5 Å². The molecule has 1 rings (SSSR count). The van der Waals surface area contributed by atoms with Crippen LogP contribution in [0.4, 0.5) is 0 Å². The molecule has 0 saturated carbocycles. The van der Waals surface area contributed by atoms with Gasteiger partial charge in [0.25, 0.3) is 0 Å². The molecule has 1 aromatic carbocycles. The van der Waals surface area contributed by atoms with Gasteiger partial charge in [0.2, 0.25) is 0 Å². The normalized spacial score (nSPS) is 11.9. The third-order valence-electron chi connectivity index (χ3n) is 1.89. The second kappa shape index (κ2) is 4.84. The highest BCUT2D eigenvalue weighted by atomic mass is 32.2. The van der Waals surface area contributed by atoms with Crippen LogP contribution in [0.3, 0.4) is 0 Å². The van der Waals surface area contributed by atoms with E-state index < -0.39 is 11.2 Å². The van der Waals surface area contributed by atoms with E-state index in [2.05, 4.69) is 0 Å². The average molecular weight is 218 g/mol. The summed E-state index contributed by atoms with van der Waals surface area (Å²) in [5.74, 6) is 0. The summed E-state index contributed by atoms with van der Waals surface area (Å²) in [6.07, 6.45) is 0. The fourth-order valence-corrected chi connectivity index (χ4v) is 2.30. The molecule has 0 aromatic heterocycles. The van der Waals surface area contributed by atoms with Gasteiger partial charge < -0.3 is 4.55 Å². The minimum Gasteiger partial charge on any atom is -0.611 e. The Labute approximate surface area is 92.1 Å². The lowest BCUT2D eigenvalue weighted by Gasteiger charge is -2.15. The molecule has 0 aliphatic rings. The van der Waals surface area contributed by atoms with Crippen LogP contribution in [0.25, 0.3) is 0 Å². The number of nitrogens with zero attached hydrogens (tertiary/aromatic N) is 2. The van der Waals surface area contributed by atoms with Crippen molar-refractivity contribution in [3.05, 3.63) is 29.3 Å². The molecule has 1 unspecified atom stereocenters. The maximum absolute atomic E-state index is 11.9. The molecule has 0 radical (unpaired) electrons. The van der Waals surface area contributed by atoms with Crippen molar-refractivity contribution in [3.8, 4) is 12.1 Å². The van der Waals surface area contributed by atoms with Crippen molar-refractivity contribution >= 4 is 11.2 Å². The molecule has 0 saturated heterocycles. The lowest BCUT2D eigenvalue weighted by molar-refractivity contribution is 0.586. The number of nitriles is 2. The van der Waals surface area contributed by atoms with E-state index in [4.69, 9.17) is 10.5 Å². The molecule has 0 N–H and O–H groups in total. The van der Waals surface area contributed by atoms with Gasteiger partial charge in [-0.2, -0.15) is 10.5 Å². The largest absolute Gasteiger partial charge is 0.611 e. The van der Waals surface area contributed by atoms with Crippen LogP contribution in [0, 0.1) is 22.7 Å². The van der Waals surface area contributed by atoms with E-state index in [0.717, 1.165) is 0 Å². The second-order valence-corrected chi connectivity index (χ2v) is 5.20. The highest BCUT2D eigenvalue weighted by molar-refractivity contribution is 7.92. The van der Waals surface area contributed by atoms with Gasteiger partial charge in [0, 0.05) is 0 Å². The molecule has 0 spiro atoms. The van der Waals surface area contributed by atoms with Gasteiger partial charge in [-0.15, -0.1) is 0 Å². The van der Waals surface area contributed by atoms with E-state index in [1.807, 2.05) is 12.1 Å². The first kappa shape index (κ1) is 11.6. The first-order valence-electron chi connectivity index (χ1n) is 4.45. The van der Waals surface area contributed by atoms with Gasteiger partial charge in [0.1, 0.15) is 28.5 Å². The minimum absolute atomic E-state index is 0.105. The monoisotopic (exact) mass is 218 g/mol. The van der Waals surface area contributed by atoms with Gasteiger partial charge in [-0.3, -0.25) is 0 Å². The predicted molar refractivity (Wildman–Crippen MR) is 57.4 cm³/mol. The van der Waals surface area contributed by atoms with Crippen molar-refractivity contribution in [2.24, 2.45) is 0 Å². The van der Waals surface area contributed by atoms with Crippen molar-refractivity contribution in [2.75, 3.05) is 0 Å². The van der Waals surface area contributed by atoms with Crippen LogP contribution >= 0.6 is 0 Å². The Kier molecular flexibility index (Phi) is 3.74. The number of hydrogen-bond donors (Lipinski definition) is 0. The molecule has 3 nitrogen and oxygen atoms in total. The van der Waals surface area contributed by atoms with Crippen LogP contribution in [0.15, 0.2) is 23.1 Å². The van der Waals surface area contributed by atoms with Crippen LogP contribution < -0.4 is 0 Å². The SMILES string of the molecule is CC(C)[S+]([O-])c1c(C#N)cccc1C#N. The Morgan fingerprint density at radius 2 is 1.67 bits per heavy atom. The minimum atomic E-state index is -1.30. The van der Waals surface area contributed by atoms with Gasteiger partial charge in [-0.1, -0.05) is 6.07 Å². The quantitative estimate of drug-likeness (QED) is 0.712. The fraction of sp³-hybridized carbons (Fsp3) is 0.273. The predicted octanol–water partition coefficient (Wildman–Crippen LogP) is 1.95. The van der Waals surface area contributed by atoms with E-state index in [9.17, 15) is 4.55 Å². The molecule has 1 aromatic rings. The summed E-state index contributed by atoms with van der Waals surface area (Å²) < 4.78 is 11.9. The summed E-state index contributed by atoms with van der Waals surface area (Å²) in [6, 6.07) is 8.71. The van der Waals surface area contributed by atoms with E-state index in [1.165, 1.54) is 0 Å². The van der Waals surface area contributed by atoms with E-state index >= 15 is 0 Å². The summed E-state index contributed by atoms with van der Waals surface area (Å²) >= 11 is -1.30. The maximum atomic E-state index is 11.9. The molecule has 4 heteroatoms. The number of benzene rings is 1. The molecule has 0 aliphatic heterocycles. The molecule has 1 atom stereocenters. The summed E-state index contributed by atoms with van der Waals surface area (Å²) in [7, 11) is 0. The molecule has 0 aliphatic carbocycles. The zero-order valence-corrected chi connectivity index (χ0v) is 9.34. The van der Waals surface area contributed by atoms with Crippen LogP contribution in [0.1, 0.15) is 25.0 Å². The van der Waals surface area contributed by atoms with Crippen LogP contribution in [0.5, 0.6) is 0 Å². The Bertz CT molecular complexity index is 411. The molecular formula is C11H10N2OS. The lowest BCUT2D eigenvalue weighted by Crippen LogP contribution is -2.16. The van der Waals surface area contributed by atoms with Crippen LogP contribution in [-0.4, -0.2) is 9.80 Å². The zero-order chi connectivity index (χ0) is 11.4. The van der Waals surface area contributed by atoms with Crippen LogP contribution in [0.2, 0.25) is 0 Å². The first-order chi connectivity index (χ1) is 7.11. The smallest absolute Gasteiger partial charge is 0.188 e. The number of rotatable bonds is 2. The summed E-state index contributed by atoms with van der Waals surface area (Å²) in [6.45, 7) is 3.59. The molecule has 0 bridgehead atoms. The Hall–Kier alpha value is -1.49. The van der Waals surface area contributed by atoms with Gasteiger partial charge in [-0.25, -0.2) is 0 Å². The highest BCUT2D eigenvalue weighted by Gasteiger charge is 2.23. The maximum Gasteiger partial charge on any atom is 0.188 e. The van der Waals surface area contributed by atoms with Crippen LogP contribution in [-0.2, 0) is 11.2 Å². The molecule has 0 amide bonds. The molecule has 76 valence electrons. The Balaban J connectivity index is 3.38. The molecular weight excluding hydrogens is 208 g/mol. The van der Waals surface area contributed by atoms with Crippen molar-refractivity contribution in [1.82, 2.24) is 0 Å². The standard InChI is InChI=1S/C11H10N2OS/c1-8(2)15(14)11-9(6-12)4-3-5-10(11)7-13/h3-5,8H,1-2H3. The first-order valence-corrected chi connectivity index (χ1v) is 5.67. The zero-order valence-electron chi connectivity index (χ0n) is 8.52. The highest BCUT2D eigenvalue weighted by Crippen LogP contribution is 2.23. The summed E-state index contributed by atoms with van der Waals surface area (Å²) in [5, 5.41) is 17.6. The topological polar surface area (TPSA) is 70.6 Å². The Morgan fingerprint density at radius 3 is 2.00 bits per heavy atom. The van der Waals surface area contributed by atoms with E-state index in [-0.39, 0.29) is 5.25 Å². The fourth-order valence-electron chi connectivity index (χ4n) is 1.17. The second-order valence-electron chi connectivity index (χ2n) is 3.25. The molecule has 15 heavy (non-hydrogen) atoms. The molecule has 0 heterocycles. The third kappa shape index (κ3) is 2.30. The van der Waals surface area contributed by atoms with Crippen molar-refractivity contribution < 1.29 is 4.55 Å². The lowest BCUT2D eigenvalue weighted by atomic mass is 10.1. The van der Waals surface area contributed by atoms with Gasteiger partial charge >= 0.3 is 0 Å². The summed E-state index contributed by atoms with van der Waals surface area (Å²) in [5.41, 5.74) is 0.641. The third-order valence-corrected chi connectivity index (χ3v) is 3.58. The molecule has 0 fully saturated rings. The number of hydrogen-bond acceptors (Lipinski definition) is 3. The van der Waals surface area contributed by atoms with Gasteiger partial charge in [-0.05, 0) is 37.2 Å². The Morgan fingerprint density at radius 1 is 1.20 bits per heavy atom. The van der Waals surface area contributed by atoms with Gasteiger partial charge in [0.15, 0.2) is 4.90 Å². The van der Waals surface area contributed by atoms with Gasteiger partial charge in [0.05, 0.1) is 0 Å².